The van der Waals surface area contributed by atoms with Crippen LogP contribution in [0.3, 0.4) is 0 Å². The molecule has 2 aromatic rings. The molecule has 1 atom stereocenters. The summed E-state index contributed by atoms with van der Waals surface area (Å²) in [6, 6.07) is 12.2. The van der Waals surface area contributed by atoms with Gasteiger partial charge in [0, 0.05) is 0 Å². The Morgan fingerprint density at radius 2 is 1.06 bits per heavy atom. The number of benzene rings is 2. The van der Waals surface area contributed by atoms with Crippen molar-refractivity contribution in [2.45, 2.75) is 71.6 Å². The summed E-state index contributed by atoms with van der Waals surface area (Å²) in [4.78, 5) is 0. The topological polar surface area (TPSA) is 0 Å². The number of rotatable bonds is 4. The molecule has 1 aliphatic carbocycles. The normalized spacial score (nSPS) is 16.1. The molecule has 0 amide bonds. The third-order valence-corrected chi connectivity index (χ3v) is 12.2. The van der Waals surface area contributed by atoms with Crippen LogP contribution in [0.1, 0.15) is 66.6 Å². The molecule has 3 rings (SSSR count). The first-order valence-corrected chi connectivity index (χ1v) is 13.0. The van der Waals surface area contributed by atoms with Crippen molar-refractivity contribution in [3.63, 3.8) is 0 Å². The van der Waals surface area contributed by atoms with E-state index in [4.69, 9.17) is 0 Å². The van der Waals surface area contributed by atoms with E-state index in [2.05, 4.69) is 113 Å². The van der Waals surface area contributed by atoms with E-state index < -0.39 is 9.52 Å². The summed E-state index contributed by atoms with van der Waals surface area (Å²) < 4.78 is 0.118. The monoisotopic (exact) mass is 540 g/mol. The van der Waals surface area contributed by atoms with Gasteiger partial charge in [0.25, 0.3) is 0 Å². The second-order valence-electron chi connectivity index (χ2n) is 9.34. The fourth-order valence-corrected chi connectivity index (χ4v) is 9.20. The van der Waals surface area contributed by atoms with Crippen LogP contribution in [0, 0.1) is 34.6 Å². The van der Waals surface area contributed by atoms with E-state index >= 15 is 0 Å². The van der Waals surface area contributed by atoms with Gasteiger partial charge in [-0.15, -0.1) is 0 Å². The van der Waals surface area contributed by atoms with Gasteiger partial charge in [-0.25, -0.2) is 0 Å². The zero-order valence-corrected chi connectivity index (χ0v) is 26.0. The Morgan fingerprint density at radius 1 is 0.656 bits per heavy atom. The average molecular weight is 542 g/mol. The van der Waals surface area contributed by atoms with Gasteiger partial charge in [-0.2, -0.15) is 0 Å². The van der Waals surface area contributed by atoms with Crippen LogP contribution < -0.4 is 42.4 Å². The first-order chi connectivity index (χ1) is 13.5. The van der Waals surface area contributed by atoms with Gasteiger partial charge in [0.15, 0.2) is 0 Å². The SMILES string of the molecule is CC1=C(C)[C]([Ti+3])(C([SiH2]c2cc(C)c(C)c(C)c2)c2cc(C)cc(C)c2)C(C)=C1C.[Cl-].[Cl-].[Cl-]. The molecule has 0 spiro atoms. The number of allylic oxidation sites excluding steroid dienone is 4. The number of halogens is 3. The Morgan fingerprint density at radius 3 is 1.47 bits per heavy atom. The molecule has 32 heavy (non-hydrogen) atoms. The van der Waals surface area contributed by atoms with E-state index in [-0.39, 0.29) is 40.9 Å². The quantitative estimate of drug-likeness (QED) is 0.366. The fraction of sp³-hybridized carbons (Fsp3) is 0.407. The predicted molar refractivity (Wildman–Crippen MR) is 127 cm³/mol. The Hall–Kier alpha value is -0.279. The summed E-state index contributed by atoms with van der Waals surface area (Å²) in [6.07, 6.45) is 0. The molecule has 0 fully saturated rings. The van der Waals surface area contributed by atoms with E-state index in [1.54, 1.807) is 16.3 Å². The minimum absolute atomic E-state index is 0. The summed E-state index contributed by atoms with van der Waals surface area (Å²) in [5.41, 5.74) is 15.3. The number of hydrogen-bond donors (Lipinski definition) is 0. The van der Waals surface area contributed by atoms with Crippen LogP contribution in [0.25, 0.3) is 0 Å². The van der Waals surface area contributed by atoms with Crippen molar-refractivity contribution in [2.24, 2.45) is 0 Å². The molecular formula is C27H35Cl3SiTi. The Kier molecular flexibility index (Phi) is 11.8. The minimum atomic E-state index is -0.550. The first kappa shape index (κ1) is 31.7. The summed E-state index contributed by atoms with van der Waals surface area (Å²) in [7, 11) is -0.550. The van der Waals surface area contributed by atoms with Gasteiger partial charge in [0.1, 0.15) is 0 Å². The molecule has 0 N–H and O–H groups in total. The van der Waals surface area contributed by atoms with Crippen LogP contribution in [-0.2, 0) is 20.4 Å². The zero-order chi connectivity index (χ0) is 21.7. The number of aryl methyl sites for hydroxylation is 4. The van der Waals surface area contributed by atoms with Crippen molar-refractivity contribution < 1.29 is 57.7 Å². The Bertz CT molecular complexity index is 986. The molecule has 0 aliphatic heterocycles. The van der Waals surface area contributed by atoms with Gasteiger partial charge >= 0.3 is 193 Å². The Balaban J connectivity index is 0.00000320. The fourth-order valence-electron chi connectivity index (χ4n) is 5.17. The van der Waals surface area contributed by atoms with Crippen LogP contribution >= 0.6 is 0 Å². The summed E-state index contributed by atoms with van der Waals surface area (Å²) >= 11 is 2.51. The second kappa shape index (κ2) is 11.9. The Labute approximate surface area is 228 Å². The van der Waals surface area contributed by atoms with Gasteiger partial charge < -0.3 is 37.2 Å². The van der Waals surface area contributed by atoms with Gasteiger partial charge in [-0.1, -0.05) is 0 Å². The second-order valence-corrected chi connectivity index (χ2v) is 12.6. The van der Waals surface area contributed by atoms with Gasteiger partial charge in [0.2, 0.25) is 0 Å². The molecule has 0 saturated heterocycles. The summed E-state index contributed by atoms with van der Waals surface area (Å²) in [6.45, 7) is 20.7. The van der Waals surface area contributed by atoms with E-state index in [9.17, 15) is 0 Å². The molecule has 0 saturated carbocycles. The molecule has 2 aromatic carbocycles. The molecular weight excluding hydrogens is 507 g/mol. The van der Waals surface area contributed by atoms with E-state index in [1.165, 1.54) is 44.5 Å². The zero-order valence-electron chi connectivity index (χ0n) is 20.8. The van der Waals surface area contributed by atoms with Crippen molar-refractivity contribution in [1.29, 1.82) is 0 Å². The van der Waals surface area contributed by atoms with Crippen LogP contribution in [-0.4, -0.2) is 9.52 Å². The summed E-state index contributed by atoms with van der Waals surface area (Å²) in [5.74, 6) is 0. The largest absolute Gasteiger partial charge is 1.00 e. The molecule has 0 aromatic heterocycles. The van der Waals surface area contributed by atoms with Crippen LogP contribution in [0.4, 0.5) is 0 Å². The maximum atomic E-state index is 2.51. The summed E-state index contributed by atoms with van der Waals surface area (Å²) in [5, 5.41) is 1.60. The average Bonchev–Trinajstić information content (AvgIpc) is 2.79. The molecule has 1 unspecified atom stereocenters. The molecule has 1 aliphatic rings. The van der Waals surface area contributed by atoms with Crippen LogP contribution in [0.15, 0.2) is 52.6 Å². The molecule has 0 nitrogen and oxygen atoms in total. The van der Waals surface area contributed by atoms with Crippen molar-refractivity contribution >= 4 is 14.7 Å². The van der Waals surface area contributed by atoms with Crippen LogP contribution in [0.5, 0.6) is 0 Å². The van der Waals surface area contributed by atoms with E-state index in [0.717, 1.165) is 0 Å². The minimum Gasteiger partial charge on any atom is -1.00 e. The first-order valence-electron chi connectivity index (χ1n) is 10.7. The van der Waals surface area contributed by atoms with E-state index in [0.29, 0.717) is 5.54 Å². The van der Waals surface area contributed by atoms with Gasteiger partial charge in [-0.05, 0) is 0 Å². The molecule has 5 heteroatoms. The maximum Gasteiger partial charge on any atom is -1.00 e. The predicted octanol–water partition coefficient (Wildman–Crippen LogP) is -2.83. The maximum absolute atomic E-state index is 2.51. The van der Waals surface area contributed by atoms with Crippen LogP contribution in [0.2, 0.25) is 3.72 Å². The molecule has 0 heterocycles. The van der Waals surface area contributed by atoms with Crippen molar-refractivity contribution in [3.8, 4) is 0 Å². The smallest absolute Gasteiger partial charge is 1.00 e. The van der Waals surface area contributed by atoms with Gasteiger partial charge in [-0.3, -0.25) is 0 Å². The third kappa shape index (κ3) is 5.68. The number of hydrogen-bond acceptors (Lipinski definition) is 0. The molecule has 0 radical (unpaired) electrons. The van der Waals surface area contributed by atoms with Crippen molar-refractivity contribution in [3.05, 3.63) is 86.0 Å². The van der Waals surface area contributed by atoms with Crippen molar-refractivity contribution in [1.82, 2.24) is 0 Å². The third-order valence-electron chi connectivity index (χ3n) is 7.47. The standard InChI is InChI=1S/C27H35Si.3ClH.Ti/c1-15-10-16(2)12-24(11-15)27(26-22(8)20(6)21(7)23(26)9)28-25-13-17(3)19(5)18(4)14-25;;;;/h10-14,27H,28H2,1-9H3;3*1H;/q;;;;+3/p-3. The van der Waals surface area contributed by atoms with Gasteiger partial charge in [0.05, 0.1) is 0 Å². The molecule has 0 bridgehead atoms. The molecule has 172 valence electrons. The van der Waals surface area contributed by atoms with E-state index in [1.807, 2.05) is 0 Å². The van der Waals surface area contributed by atoms with Crippen molar-refractivity contribution in [2.75, 3.05) is 0 Å².